The van der Waals surface area contributed by atoms with E-state index in [1.54, 1.807) is 7.11 Å². The minimum atomic E-state index is 0.122. The van der Waals surface area contributed by atoms with Gasteiger partial charge in [-0.05, 0) is 31.5 Å². The Balaban J connectivity index is 2.52. The summed E-state index contributed by atoms with van der Waals surface area (Å²) in [4.78, 5) is 13.6. The average molecular weight is 250 g/mol. The Kier molecular flexibility index (Phi) is 6.22. The Morgan fingerprint density at radius 3 is 2.67 bits per heavy atom. The molecule has 18 heavy (non-hydrogen) atoms. The van der Waals surface area contributed by atoms with Crippen molar-refractivity contribution in [3.8, 4) is 0 Å². The summed E-state index contributed by atoms with van der Waals surface area (Å²) in [5.41, 5.74) is 2.04. The molecular formula is C14H22N2O2. The highest BCUT2D eigenvalue weighted by molar-refractivity contribution is 5.80. The predicted molar refractivity (Wildman–Crippen MR) is 73.6 cm³/mol. The largest absolute Gasteiger partial charge is 0.380 e. The maximum absolute atomic E-state index is 11.8. The number of carbonyl (C=O) groups excluding carboxylic acids is 1. The lowest BCUT2D eigenvalue weighted by molar-refractivity contribution is -0.128. The zero-order chi connectivity index (χ0) is 13.4. The van der Waals surface area contributed by atoms with Crippen molar-refractivity contribution < 1.29 is 9.53 Å². The van der Waals surface area contributed by atoms with Gasteiger partial charge in [-0.1, -0.05) is 12.1 Å². The number of methoxy groups -OCH3 is 1. The van der Waals surface area contributed by atoms with Crippen molar-refractivity contribution in [3.63, 3.8) is 0 Å². The van der Waals surface area contributed by atoms with Crippen LogP contribution in [0.15, 0.2) is 24.3 Å². The van der Waals surface area contributed by atoms with E-state index in [-0.39, 0.29) is 5.91 Å². The first-order valence-electron chi connectivity index (χ1n) is 6.30. The van der Waals surface area contributed by atoms with E-state index in [4.69, 9.17) is 4.74 Å². The van der Waals surface area contributed by atoms with Gasteiger partial charge in [0.05, 0.1) is 13.2 Å². The lowest BCUT2D eigenvalue weighted by Gasteiger charge is -2.19. The van der Waals surface area contributed by atoms with Crippen LogP contribution < -0.4 is 5.32 Å². The van der Waals surface area contributed by atoms with E-state index < -0.39 is 0 Å². The molecule has 0 bridgehead atoms. The fourth-order valence-electron chi connectivity index (χ4n) is 1.80. The first-order valence-corrected chi connectivity index (χ1v) is 6.30. The predicted octanol–water partition coefficient (Wildman–Crippen LogP) is 2.11. The van der Waals surface area contributed by atoms with Crippen molar-refractivity contribution in [1.29, 1.82) is 0 Å². The standard InChI is InChI=1S/C14H22N2O2/c1-4-16(5-2)14(17)10-15-13-8-6-7-12(9-13)11-18-3/h6-9,15H,4-5,10-11H2,1-3H3. The second-order valence-corrected chi connectivity index (χ2v) is 4.05. The highest BCUT2D eigenvalue weighted by Crippen LogP contribution is 2.11. The number of nitrogens with zero attached hydrogens (tertiary/aromatic N) is 1. The van der Waals surface area contributed by atoms with Gasteiger partial charge in [-0.2, -0.15) is 0 Å². The minimum absolute atomic E-state index is 0.122. The van der Waals surface area contributed by atoms with Gasteiger partial charge in [-0.15, -0.1) is 0 Å². The molecule has 1 aromatic carbocycles. The van der Waals surface area contributed by atoms with Crippen molar-refractivity contribution in [2.24, 2.45) is 0 Å². The van der Waals surface area contributed by atoms with E-state index in [2.05, 4.69) is 5.32 Å². The number of anilines is 1. The van der Waals surface area contributed by atoms with Crippen molar-refractivity contribution in [2.75, 3.05) is 32.1 Å². The van der Waals surface area contributed by atoms with Crippen LogP contribution in [0.2, 0.25) is 0 Å². The number of nitrogens with one attached hydrogen (secondary N) is 1. The van der Waals surface area contributed by atoms with Crippen molar-refractivity contribution in [3.05, 3.63) is 29.8 Å². The summed E-state index contributed by atoms with van der Waals surface area (Å²) in [6.45, 7) is 6.39. The summed E-state index contributed by atoms with van der Waals surface area (Å²) in [5.74, 6) is 0.122. The molecule has 0 aliphatic carbocycles. The Bertz CT molecular complexity index is 376. The molecule has 0 saturated heterocycles. The molecule has 0 heterocycles. The van der Waals surface area contributed by atoms with Gasteiger partial charge >= 0.3 is 0 Å². The van der Waals surface area contributed by atoms with Gasteiger partial charge in [0.15, 0.2) is 0 Å². The van der Waals surface area contributed by atoms with Crippen molar-refractivity contribution >= 4 is 11.6 Å². The summed E-state index contributed by atoms with van der Waals surface area (Å²) in [5, 5.41) is 3.15. The fraction of sp³-hybridized carbons (Fsp3) is 0.500. The van der Waals surface area contributed by atoms with Gasteiger partial charge in [-0.25, -0.2) is 0 Å². The van der Waals surface area contributed by atoms with Crippen LogP contribution in [0.25, 0.3) is 0 Å². The number of hydrogen-bond donors (Lipinski definition) is 1. The monoisotopic (exact) mass is 250 g/mol. The molecule has 4 nitrogen and oxygen atoms in total. The maximum Gasteiger partial charge on any atom is 0.241 e. The lowest BCUT2D eigenvalue weighted by atomic mass is 10.2. The molecule has 0 saturated carbocycles. The molecule has 1 aromatic rings. The van der Waals surface area contributed by atoms with Crippen LogP contribution in [0.3, 0.4) is 0 Å². The highest BCUT2D eigenvalue weighted by atomic mass is 16.5. The second-order valence-electron chi connectivity index (χ2n) is 4.05. The first-order chi connectivity index (χ1) is 8.71. The number of carbonyl (C=O) groups is 1. The summed E-state index contributed by atoms with van der Waals surface area (Å²) >= 11 is 0. The van der Waals surface area contributed by atoms with Gasteiger partial charge in [0.2, 0.25) is 5.91 Å². The second kappa shape index (κ2) is 7.71. The molecule has 0 radical (unpaired) electrons. The molecule has 0 fully saturated rings. The molecular weight excluding hydrogens is 228 g/mol. The summed E-state index contributed by atoms with van der Waals surface area (Å²) in [6, 6.07) is 7.91. The number of ether oxygens (including phenoxy) is 1. The van der Waals surface area contributed by atoms with E-state index in [9.17, 15) is 4.79 Å². The Labute approximate surface area is 109 Å². The molecule has 0 spiro atoms. The number of likely N-dealkylation sites (N-methyl/N-ethyl adjacent to an activating group) is 1. The quantitative estimate of drug-likeness (QED) is 0.806. The Hall–Kier alpha value is -1.55. The van der Waals surface area contributed by atoms with Crippen LogP contribution in [-0.2, 0) is 16.1 Å². The van der Waals surface area contributed by atoms with Gasteiger partial charge in [0, 0.05) is 25.9 Å². The summed E-state index contributed by atoms with van der Waals surface area (Å²) in [6.07, 6.45) is 0. The van der Waals surface area contributed by atoms with E-state index in [0.717, 1.165) is 24.3 Å². The Morgan fingerprint density at radius 1 is 1.33 bits per heavy atom. The normalized spacial score (nSPS) is 10.2. The third-order valence-corrected chi connectivity index (χ3v) is 2.80. The molecule has 4 heteroatoms. The molecule has 0 unspecified atom stereocenters. The number of hydrogen-bond acceptors (Lipinski definition) is 3. The van der Waals surface area contributed by atoms with Gasteiger partial charge < -0.3 is 15.0 Å². The van der Waals surface area contributed by atoms with Crippen molar-refractivity contribution in [1.82, 2.24) is 4.90 Å². The molecule has 1 rings (SSSR count). The van der Waals surface area contributed by atoms with Crippen LogP contribution >= 0.6 is 0 Å². The van der Waals surface area contributed by atoms with E-state index >= 15 is 0 Å². The fourth-order valence-corrected chi connectivity index (χ4v) is 1.80. The molecule has 1 N–H and O–H groups in total. The number of benzene rings is 1. The lowest BCUT2D eigenvalue weighted by Crippen LogP contribution is -2.35. The number of rotatable bonds is 7. The van der Waals surface area contributed by atoms with Gasteiger partial charge in [-0.3, -0.25) is 4.79 Å². The maximum atomic E-state index is 11.8. The molecule has 0 aliphatic heterocycles. The van der Waals surface area contributed by atoms with E-state index in [1.807, 2.05) is 43.0 Å². The summed E-state index contributed by atoms with van der Waals surface area (Å²) < 4.78 is 5.08. The van der Waals surface area contributed by atoms with Crippen LogP contribution in [-0.4, -0.2) is 37.6 Å². The van der Waals surface area contributed by atoms with Crippen LogP contribution in [0, 0.1) is 0 Å². The first kappa shape index (κ1) is 14.5. The zero-order valence-corrected chi connectivity index (χ0v) is 11.4. The molecule has 0 atom stereocenters. The van der Waals surface area contributed by atoms with E-state index in [0.29, 0.717) is 13.2 Å². The molecule has 100 valence electrons. The topological polar surface area (TPSA) is 41.6 Å². The highest BCUT2D eigenvalue weighted by Gasteiger charge is 2.08. The Morgan fingerprint density at radius 2 is 2.06 bits per heavy atom. The van der Waals surface area contributed by atoms with Crippen molar-refractivity contribution in [2.45, 2.75) is 20.5 Å². The van der Waals surface area contributed by atoms with Crippen LogP contribution in [0.1, 0.15) is 19.4 Å². The molecule has 0 aliphatic rings. The zero-order valence-electron chi connectivity index (χ0n) is 11.4. The van der Waals surface area contributed by atoms with Crippen LogP contribution in [0.4, 0.5) is 5.69 Å². The van der Waals surface area contributed by atoms with Crippen LogP contribution in [0.5, 0.6) is 0 Å². The molecule has 1 amide bonds. The van der Waals surface area contributed by atoms with Gasteiger partial charge in [0.25, 0.3) is 0 Å². The molecule has 0 aromatic heterocycles. The summed E-state index contributed by atoms with van der Waals surface area (Å²) in [7, 11) is 1.67. The van der Waals surface area contributed by atoms with E-state index in [1.165, 1.54) is 0 Å². The number of amides is 1. The third-order valence-electron chi connectivity index (χ3n) is 2.80. The third kappa shape index (κ3) is 4.37. The minimum Gasteiger partial charge on any atom is -0.380 e. The SMILES string of the molecule is CCN(CC)C(=O)CNc1cccc(COC)c1. The van der Waals surface area contributed by atoms with Gasteiger partial charge in [0.1, 0.15) is 0 Å². The average Bonchev–Trinajstić information content (AvgIpc) is 2.39. The smallest absolute Gasteiger partial charge is 0.241 e.